The van der Waals surface area contributed by atoms with Crippen LogP contribution in [-0.4, -0.2) is 28.3 Å². The van der Waals surface area contributed by atoms with Crippen molar-refractivity contribution in [1.82, 2.24) is 14.7 Å². The van der Waals surface area contributed by atoms with Crippen LogP contribution >= 0.6 is 0 Å². The van der Waals surface area contributed by atoms with Crippen LogP contribution in [0.2, 0.25) is 0 Å². The molecule has 21 heavy (non-hydrogen) atoms. The second-order valence-corrected chi connectivity index (χ2v) is 5.68. The van der Waals surface area contributed by atoms with Crippen LogP contribution in [0.4, 0.5) is 0 Å². The third-order valence-corrected chi connectivity index (χ3v) is 4.13. The molecule has 4 nitrogen and oxygen atoms in total. The summed E-state index contributed by atoms with van der Waals surface area (Å²) in [5.41, 5.74) is 5.84. The largest absolute Gasteiger partial charge is 0.302 e. The van der Waals surface area contributed by atoms with Gasteiger partial charge in [-0.25, -0.2) is 0 Å². The summed E-state index contributed by atoms with van der Waals surface area (Å²) in [6, 6.07) is 10.0. The van der Waals surface area contributed by atoms with Gasteiger partial charge in [-0.2, -0.15) is 10.4 Å². The van der Waals surface area contributed by atoms with Gasteiger partial charge in [0.2, 0.25) is 0 Å². The van der Waals surface area contributed by atoms with Gasteiger partial charge < -0.3 is 4.90 Å². The van der Waals surface area contributed by atoms with E-state index in [0.717, 1.165) is 38.0 Å². The molecule has 3 rings (SSSR count). The van der Waals surface area contributed by atoms with E-state index in [4.69, 9.17) is 10.4 Å². The highest BCUT2D eigenvalue weighted by Crippen LogP contribution is 2.23. The maximum Gasteiger partial charge on any atom is 0.0991 e. The molecule has 2 heterocycles. The summed E-state index contributed by atoms with van der Waals surface area (Å²) in [4.78, 5) is 2.35. The quantitative estimate of drug-likeness (QED) is 0.867. The Morgan fingerprint density at radius 3 is 3.00 bits per heavy atom. The molecule has 0 atom stereocenters. The molecule has 4 heteroatoms. The van der Waals surface area contributed by atoms with Gasteiger partial charge in [-0.3, -0.25) is 4.68 Å². The minimum Gasteiger partial charge on any atom is -0.302 e. The lowest BCUT2D eigenvalue weighted by atomic mass is 10.0. The average Bonchev–Trinajstić information content (AvgIpc) is 2.84. The molecule has 1 aliphatic rings. The first kappa shape index (κ1) is 13.8. The molecule has 0 N–H and O–H groups in total. The summed E-state index contributed by atoms with van der Waals surface area (Å²) in [5, 5.41) is 13.8. The molecule has 0 radical (unpaired) electrons. The molecule has 1 aromatic heterocycles. The molecular formula is C17H20N4. The van der Waals surface area contributed by atoms with Crippen molar-refractivity contribution in [3.63, 3.8) is 0 Å². The lowest BCUT2D eigenvalue weighted by Crippen LogP contribution is -2.27. The summed E-state index contributed by atoms with van der Waals surface area (Å²) in [6.45, 7) is 5.00. The van der Waals surface area contributed by atoms with Crippen LogP contribution in [0.1, 0.15) is 35.0 Å². The van der Waals surface area contributed by atoms with Crippen LogP contribution < -0.4 is 0 Å². The highest BCUT2D eigenvalue weighted by Gasteiger charge is 2.22. The lowest BCUT2D eigenvalue weighted by Gasteiger charge is -2.23. The van der Waals surface area contributed by atoms with Crippen LogP contribution in [-0.2, 0) is 25.9 Å². The Hall–Kier alpha value is -2.12. The van der Waals surface area contributed by atoms with E-state index in [2.05, 4.69) is 35.7 Å². The van der Waals surface area contributed by atoms with Crippen molar-refractivity contribution in [2.45, 2.75) is 32.9 Å². The maximum absolute atomic E-state index is 9.01. The fourth-order valence-electron chi connectivity index (χ4n) is 3.02. The van der Waals surface area contributed by atoms with Gasteiger partial charge in [-0.15, -0.1) is 0 Å². The summed E-state index contributed by atoms with van der Waals surface area (Å²) in [5.74, 6) is 0. The van der Waals surface area contributed by atoms with Crippen LogP contribution in [0.25, 0.3) is 0 Å². The van der Waals surface area contributed by atoms with Crippen molar-refractivity contribution in [1.29, 1.82) is 5.26 Å². The highest BCUT2D eigenvalue weighted by molar-refractivity contribution is 5.34. The molecular weight excluding hydrogens is 260 g/mol. The van der Waals surface area contributed by atoms with Crippen molar-refractivity contribution < 1.29 is 0 Å². The number of benzene rings is 1. The summed E-state index contributed by atoms with van der Waals surface area (Å²) < 4.78 is 2.14. The van der Waals surface area contributed by atoms with Gasteiger partial charge in [-0.05, 0) is 31.2 Å². The first-order chi connectivity index (χ1) is 10.2. The zero-order valence-electron chi connectivity index (χ0n) is 12.6. The normalized spacial score (nSPS) is 14.7. The Bertz CT molecular complexity index is 693. The van der Waals surface area contributed by atoms with E-state index in [9.17, 15) is 0 Å². The van der Waals surface area contributed by atoms with E-state index in [1.165, 1.54) is 17.0 Å². The Balaban J connectivity index is 1.94. The molecule has 1 aromatic carbocycles. The van der Waals surface area contributed by atoms with Crippen molar-refractivity contribution in [3.05, 3.63) is 52.3 Å². The number of aromatic nitrogens is 2. The number of aryl methyl sites for hydroxylation is 1. The molecule has 0 unspecified atom stereocenters. The Labute approximate surface area is 125 Å². The monoisotopic (exact) mass is 280 g/mol. The van der Waals surface area contributed by atoms with E-state index < -0.39 is 0 Å². The van der Waals surface area contributed by atoms with E-state index in [1.807, 2.05) is 18.2 Å². The molecule has 0 fully saturated rings. The predicted octanol–water partition coefficient (Wildman–Crippen LogP) is 2.35. The number of likely N-dealkylation sites (N-methyl/N-ethyl adjacent to an activating group) is 1. The second kappa shape index (κ2) is 5.71. The average molecular weight is 280 g/mol. The van der Waals surface area contributed by atoms with Gasteiger partial charge in [0.1, 0.15) is 0 Å². The van der Waals surface area contributed by atoms with Crippen LogP contribution in [0.15, 0.2) is 24.3 Å². The van der Waals surface area contributed by atoms with Gasteiger partial charge in [0.05, 0.1) is 23.9 Å². The third-order valence-electron chi connectivity index (χ3n) is 4.13. The molecule has 0 amide bonds. The van der Waals surface area contributed by atoms with E-state index >= 15 is 0 Å². The van der Waals surface area contributed by atoms with Crippen molar-refractivity contribution in [3.8, 4) is 6.07 Å². The number of hydrogen-bond donors (Lipinski definition) is 0. The Morgan fingerprint density at radius 1 is 1.38 bits per heavy atom. The Kier molecular flexibility index (Phi) is 3.76. The van der Waals surface area contributed by atoms with Gasteiger partial charge in [0, 0.05) is 30.8 Å². The van der Waals surface area contributed by atoms with Gasteiger partial charge in [-0.1, -0.05) is 19.1 Å². The molecule has 2 aromatic rings. The molecule has 0 spiro atoms. The number of fused-ring (bicyclic) bond motifs is 1. The van der Waals surface area contributed by atoms with Gasteiger partial charge in [0.15, 0.2) is 0 Å². The summed E-state index contributed by atoms with van der Waals surface area (Å²) in [6.07, 6.45) is 2.03. The van der Waals surface area contributed by atoms with Crippen LogP contribution in [0.5, 0.6) is 0 Å². The summed E-state index contributed by atoms with van der Waals surface area (Å²) in [7, 11) is 2.16. The van der Waals surface area contributed by atoms with Crippen molar-refractivity contribution in [2.24, 2.45) is 0 Å². The van der Waals surface area contributed by atoms with Gasteiger partial charge >= 0.3 is 0 Å². The fraction of sp³-hybridized carbons (Fsp3) is 0.412. The van der Waals surface area contributed by atoms with E-state index in [-0.39, 0.29) is 0 Å². The first-order valence-corrected chi connectivity index (χ1v) is 7.46. The smallest absolute Gasteiger partial charge is 0.0991 e. The number of nitrogens with zero attached hydrogens (tertiary/aromatic N) is 4. The zero-order valence-corrected chi connectivity index (χ0v) is 12.6. The Morgan fingerprint density at radius 2 is 2.24 bits per heavy atom. The molecule has 0 saturated carbocycles. The second-order valence-electron chi connectivity index (χ2n) is 5.68. The molecule has 1 aliphatic heterocycles. The zero-order chi connectivity index (χ0) is 14.8. The van der Waals surface area contributed by atoms with E-state index in [1.54, 1.807) is 0 Å². The molecule has 0 saturated heterocycles. The maximum atomic E-state index is 9.01. The first-order valence-electron chi connectivity index (χ1n) is 7.46. The summed E-state index contributed by atoms with van der Waals surface area (Å²) >= 11 is 0. The standard InChI is InChI=1S/C17H20N4/c1-3-16-15-12-20(2)8-7-17(15)21(19-16)11-14-6-4-5-13(9-14)10-18/h4-6,9H,3,7-8,11-12H2,1-2H3. The fourth-order valence-corrected chi connectivity index (χ4v) is 3.02. The number of nitriles is 1. The van der Waals surface area contributed by atoms with Crippen LogP contribution in [0, 0.1) is 11.3 Å². The minimum absolute atomic E-state index is 0.712. The molecule has 0 aliphatic carbocycles. The topological polar surface area (TPSA) is 44.9 Å². The lowest BCUT2D eigenvalue weighted by molar-refractivity contribution is 0.307. The van der Waals surface area contributed by atoms with Crippen LogP contribution in [0.3, 0.4) is 0 Å². The van der Waals surface area contributed by atoms with Crippen molar-refractivity contribution >= 4 is 0 Å². The third kappa shape index (κ3) is 2.70. The van der Waals surface area contributed by atoms with Gasteiger partial charge in [0.25, 0.3) is 0 Å². The molecule has 108 valence electrons. The number of rotatable bonds is 3. The van der Waals surface area contributed by atoms with E-state index in [0.29, 0.717) is 5.56 Å². The minimum atomic E-state index is 0.712. The number of hydrogen-bond acceptors (Lipinski definition) is 3. The predicted molar refractivity (Wildman–Crippen MR) is 81.9 cm³/mol. The highest BCUT2D eigenvalue weighted by atomic mass is 15.3. The van der Waals surface area contributed by atoms with Crippen molar-refractivity contribution in [2.75, 3.05) is 13.6 Å². The molecule has 0 bridgehead atoms. The SMILES string of the molecule is CCc1nn(Cc2cccc(C#N)c2)c2c1CN(C)CC2.